The van der Waals surface area contributed by atoms with Gasteiger partial charge in [-0.3, -0.25) is 0 Å². The van der Waals surface area contributed by atoms with Crippen LogP contribution in [0.4, 0.5) is 13.2 Å². The van der Waals surface area contributed by atoms with Crippen LogP contribution < -0.4 is 5.73 Å². The molecule has 0 aliphatic rings. The van der Waals surface area contributed by atoms with Gasteiger partial charge in [-0.15, -0.1) is 5.10 Å². The molecule has 0 saturated carbocycles. The second kappa shape index (κ2) is 5.40. The number of benzene rings is 1. The highest BCUT2D eigenvalue weighted by atomic mass is 19.4. The lowest BCUT2D eigenvalue weighted by atomic mass is 10.2. The lowest BCUT2D eigenvalue weighted by Crippen LogP contribution is -2.05. The van der Waals surface area contributed by atoms with Crippen LogP contribution in [0, 0.1) is 0 Å². The van der Waals surface area contributed by atoms with Crippen LogP contribution in [-0.4, -0.2) is 21.5 Å². The maximum atomic E-state index is 12.4. The Labute approximate surface area is 108 Å². The molecule has 0 saturated heterocycles. The Morgan fingerprint density at radius 3 is 2.42 bits per heavy atom. The van der Waals surface area contributed by atoms with Gasteiger partial charge in [0.05, 0.1) is 23.1 Å². The first kappa shape index (κ1) is 13.5. The molecule has 0 amide bonds. The van der Waals surface area contributed by atoms with Crippen LogP contribution in [-0.2, 0) is 12.6 Å². The van der Waals surface area contributed by atoms with E-state index < -0.39 is 11.7 Å². The first-order valence-corrected chi connectivity index (χ1v) is 5.79. The van der Waals surface area contributed by atoms with Crippen molar-refractivity contribution in [2.45, 2.75) is 19.0 Å². The Kier molecular flexibility index (Phi) is 3.84. The Balaban J connectivity index is 2.16. The van der Waals surface area contributed by atoms with Crippen LogP contribution in [0.3, 0.4) is 0 Å². The minimum Gasteiger partial charge on any atom is -0.330 e. The highest BCUT2D eigenvalue weighted by Crippen LogP contribution is 2.29. The van der Waals surface area contributed by atoms with Crippen molar-refractivity contribution in [2.75, 3.05) is 6.54 Å². The van der Waals surface area contributed by atoms with Crippen molar-refractivity contribution in [3.63, 3.8) is 0 Å². The largest absolute Gasteiger partial charge is 0.416 e. The molecule has 1 aromatic carbocycles. The van der Waals surface area contributed by atoms with Crippen LogP contribution in [0.25, 0.3) is 5.69 Å². The van der Waals surface area contributed by atoms with E-state index in [0.29, 0.717) is 18.7 Å². The van der Waals surface area contributed by atoms with Gasteiger partial charge in [0.15, 0.2) is 0 Å². The van der Waals surface area contributed by atoms with Crippen LogP contribution in [0.5, 0.6) is 0 Å². The molecule has 19 heavy (non-hydrogen) atoms. The fourth-order valence-corrected chi connectivity index (χ4v) is 1.63. The van der Waals surface area contributed by atoms with Crippen LogP contribution in [0.15, 0.2) is 30.5 Å². The third kappa shape index (κ3) is 3.31. The second-order valence-corrected chi connectivity index (χ2v) is 4.09. The van der Waals surface area contributed by atoms with Crippen molar-refractivity contribution in [1.29, 1.82) is 0 Å². The average molecular weight is 270 g/mol. The Bertz CT molecular complexity index is 531. The number of aromatic nitrogens is 3. The molecule has 0 spiro atoms. The van der Waals surface area contributed by atoms with Gasteiger partial charge >= 0.3 is 6.18 Å². The molecular weight excluding hydrogens is 257 g/mol. The SMILES string of the molecule is NCCCc1cn(-c2ccc(C(F)(F)F)cc2)nn1. The molecule has 2 rings (SSSR count). The van der Waals surface area contributed by atoms with Crippen LogP contribution in [0.2, 0.25) is 0 Å². The van der Waals surface area contributed by atoms with E-state index in [1.807, 2.05) is 0 Å². The van der Waals surface area contributed by atoms with Crippen molar-refractivity contribution in [3.05, 3.63) is 41.7 Å². The third-order valence-electron chi connectivity index (χ3n) is 2.64. The first-order valence-electron chi connectivity index (χ1n) is 5.79. The van der Waals surface area contributed by atoms with Crippen molar-refractivity contribution in [2.24, 2.45) is 5.73 Å². The number of nitrogens with two attached hydrogens (primary N) is 1. The Morgan fingerprint density at radius 1 is 1.16 bits per heavy atom. The smallest absolute Gasteiger partial charge is 0.330 e. The van der Waals surface area contributed by atoms with E-state index in [2.05, 4.69) is 10.3 Å². The molecule has 0 unspecified atom stereocenters. The number of hydrogen-bond donors (Lipinski definition) is 1. The summed E-state index contributed by atoms with van der Waals surface area (Å²) in [6, 6.07) is 4.78. The summed E-state index contributed by atoms with van der Waals surface area (Å²) >= 11 is 0. The molecule has 0 aliphatic carbocycles. The summed E-state index contributed by atoms with van der Waals surface area (Å²) in [5.41, 5.74) is 6.02. The van der Waals surface area contributed by atoms with Crippen LogP contribution in [0.1, 0.15) is 17.7 Å². The van der Waals surface area contributed by atoms with Gasteiger partial charge in [0.2, 0.25) is 0 Å². The molecule has 0 atom stereocenters. The standard InChI is InChI=1S/C12H13F3N4/c13-12(14,15)9-3-5-11(6-4-9)19-8-10(17-18-19)2-1-7-16/h3-6,8H,1-2,7,16H2. The molecule has 2 aromatic rings. The second-order valence-electron chi connectivity index (χ2n) is 4.09. The van der Waals surface area contributed by atoms with Gasteiger partial charge in [0, 0.05) is 0 Å². The zero-order valence-electron chi connectivity index (χ0n) is 10.1. The minimum atomic E-state index is -4.33. The van der Waals surface area contributed by atoms with Crippen molar-refractivity contribution in [3.8, 4) is 5.69 Å². The molecule has 7 heteroatoms. The molecule has 0 aliphatic heterocycles. The lowest BCUT2D eigenvalue weighted by molar-refractivity contribution is -0.137. The number of hydrogen-bond acceptors (Lipinski definition) is 3. The maximum absolute atomic E-state index is 12.4. The summed E-state index contributed by atoms with van der Waals surface area (Å²) in [7, 11) is 0. The summed E-state index contributed by atoms with van der Waals surface area (Å²) in [5.74, 6) is 0. The molecule has 1 aromatic heterocycles. The predicted octanol–water partition coefficient (Wildman–Crippen LogP) is 2.18. The highest BCUT2D eigenvalue weighted by Gasteiger charge is 2.30. The van der Waals surface area contributed by atoms with Gasteiger partial charge < -0.3 is 5.73 Å². The summed E-state index contributed by atoms with van der Waals surface area (Å²) in [4.78, 5) is 0. The monoisotopic (exact) mass is 270 g/mol. The number of nitrogens with zero attached hydrogens (tertiary/aromatic N) is 3. The molecule has 0 radical (unpaired) electrons. The summed E-state index contributed by atoms with van der Waals surface area (Å²) in [6.45, 7) is 0.563. The molecule has 1 heterocycles. The minimum absolute atomic E-state index is 0.541. The van der Waals surface area contributed by atoms with E-state index in [9.17, 15) is 13.2 Å². The van der Waals surface area contributed by atoms with E-state index in [-0.39, 0.29) is 0 Å². The fraction of sp³-hybridized carbons (Fsp3) is 0.333. The average Bonchev–Trinajstić information content (AvgIpc) is 2.84. The van der Waals surface area contributed by atoms with Gasteiger partial charge in [-0.1, -0.05) is 5.21 Å². The Hall–Kier alpha value is -1.89. The molecule has 4 nitrogen and oxygen atoms in total. The van der Waals surface area contributed by atoms with Crippen molar-refractivity contribution in [1.82, 2.24) is 15.0 Å². The molecule has 0 bridgehead atoms. The molecule has 0 fully saturated rings. The zero-order valence-corrected chi connectivity index (χ0v) is 10.1. The Morgan fingerprint density at radius 2 is 1.84 bits per heavy atom. The van der Waals surface area contributed by atoms with E-state index in [1.165, 1.54) is 16.8 Å². The number of aryl methyl sites for hydroxylation is 1. The number of rotatable bonds is 4. The number of alkyl halides is 3. The van der Waals surface area contributed by atoms with Crippen molar-refractivity contribution >= 4 is 0 Å². The van der Waals surface area contributed by atoms with Crippen molar-refractivity contribution < 1.29 is 13.2 Å². The zero-order chi connectivity index (χ0) is 13.9. The molecule has 2 N–H and O–H groups in total. The predicted molar refractivity (Wildman–Crippen MR) is 63.7 cm³/mol. The molecular formula is C12H13F3N4. The van der Waals surface area contributed by atoms with Gasteiger partial charge in [-0.25, -0.2) is 4.68 Å². The summed E-state index contributed by atoms with van der Waals surface area (Å²) in [6.07, 6.45) is -1.13. The normalized spacial score (nSPS) is 11.8. The van der Waals surface area contributed by atoms with Gasteiger partial charge in [0.25, 0.3) is 0 Å². The first-order chi connectivity index (χ1) is 9.00. The fourth-order valence-electron chi connectivity index (χ4n) is 1.63. The van der Waals surface area contributed by atoms with E-state index in [1.54, 1.807) is 6.20 Å². The van der Waals surface area contributed by atoms with Crippen LogP contribution >= 0.6 is 0 Å². The van der Waals surface area contributed by atoms with E-state index in [0.717, 1.165) is 24.2 Å². The van der Waals surface area contributed by atoms with Gasteiger partial charge in [-0.2, -0.15) is 13.2 Å². The number of halogens is 3. The topological polar surface area (TPSA) is 56.7 Å². The maximum Gasteiger partial charge on any atom is 0.416 e. The van der Waals surface area contributed by atoms with Gasteiger partial charge in [-0.05, 0) is 43.7 Å². The van der Waals surface area contributed by atoms with Gasteiger partial charge in [0.1, 0.15) is 0 Å². The van der Waals surface area contributed by atoms with E-state index >= 15 is 0 Å². The summed E-state index contributed by atoms with van der Waals surface area (Å²) < 4.78 is 38.7. The summed E-state index contributed by atoms with van der Waals surface area (Å²) in [5, 5.41) is 7.81. The third-order valence-corrected chi connectivity index (χ3v) is 2.64. The van der Waals surface area contributed by atoms with E-state index in [4.69, 9.17) is 5.73 Å². The lowest BCUT2D eigenvalue weighted by Gasteiger charge is -2.07. The highest BCUT2D eigenvalue weighted by molar-refractivity contribution is 5.34. The molecule has 102 valence electrons. The quantitative estimate of drug-likeness (QED) is 0.926.